The van der Waals surface area contributed by atoms with Crippen LogP contribution < -0.4 is 10.5 Å². The van der Waals surface area contributed by atoms with Gasteiger partial charge in [0.2, 0.25) is 0 Å². The maximum absolute atomic E-state index is 10.5. The molecule has 1 aromatic carbocycles. The maximum Gasteiger partial charge on any atom is 0.163 e. The second kappa shape index (κ2) is 5.39. The van der Waals surface area contributed by atoms with Crippen LogP contribution in [-0.2, 0) is 0 Å². The molecule has 106 valence electrons. The quantitative estimate of drug-likeness (QED) is 0.876. The second-order valence-electron chi connectivity index (χ2n) is 5.60. The highest BCUT2D eigenvalue weighted by atomic mass is 16.5. The lowest BCUT2D eigenvalue weighted by atomic mass is 9.93. The van der Waals surface area contributed by atoms with Gasteiger partial charge in [-0.15, -0.1) is 0 Å². The molecule has 1 heterocycles. The number of aromatic hydroxyl groups is 1. The van der Waals surface area contributed by atoms with Crippen molar-refractivity contribution in [3.63, 3.8) is 0 Å². The van der Waals surface area contributed by atoms with Crippen molar-refractivity contribution in [1.82, 2.24) is 4.90 Å². The Balaban J connectivity index is 2.45. The summed E-state index contributed by atoms with van der Waals surface area (Å²) >= 11 is 0. The largest absolute Gasteiger partial charge is 0.504 e. The fourth-order valence-corrected chi connectivity index (χ4v) is 3.26. The highest BCUT2D eigenvalue weighted by Crippen LogP contribution is 2.44. The van der Waals surface area contributed by atoms with Gasteiger partial charge in [0.1, 0.15) is 0 Å². The second-order valence-corrected chi connectivity index (χ2v) is 5.60. The Hall–Kier alpha value is -1.26. The summed E-state index contributed by atoms with van der Waals surface area (Å²) in [5.74, 6) is 1.38. The van der Waals surface area contributed by atoms with Gasteiger partial charge < -0.3 is 15.6 Å². The highest BCUT2D eigenvalue weighted by molar-refractivity contribution is 5.55. The molecule has 0 spiro atoms. The molecule has 1 aliphatic heterocycles. The van der Waals surface area contributed by atoms with Gasteiger partial charge in [-0.2, -0.15) is 0 Å². The summed E-state index contributed by atoms with van der Waals surface area (Å²) in [6, 6.07) is 2.31. The summed E-state index contributed by atoms with van der Waals surface area (Å²) < 4.78 is 5.33. The third-order valence-electron chi connectivity index (χ3n) is 4.19. The fourth-order valence-electron chi connectivity index (χ4n) is 3.26. The van der Waals surface area contributed by atoms with Crippen LogP contribution in [-0.4, -0.2) is 37.3 Å². The van der Waals surface area contributed by atoms with Crippen molar-refractivity contribution in [2.45, 2.75) is 26.3 Å². The Bertz CT molecular complexity index is 474. The Kier molecular flexibility index (Phi) is 4.02. The molecule has 1 aliphatic rings. The molecule has 0 radical (unpaired) electrons. The lowest BCUT2D eigenvalue weighted by Crippen LogP contribution is -2.21. The molecule has 2 rings (SSSR count). The number of methoxy groups -OCH3 is 1. The smallest absolute Gasteiger partial charge is 0.163 e. The Labute approximate surface area is 115 Å². The van der Waals surface area contributed by atoms with E-state index in [4.69, 9.17) is 10.5 Å². The van der Waals surface area contributed by atoms with Crippen LogP contribution in [0.15, 0.2) is 6.07 Å². The molecule has 4 heteroatoms. The third-order valence-corrected chi connectivity index (χ3v) is 4.19. The van der Waals surface area contributed by atoms with E-state index in [1.54, 1.807) is 7.11 Å². The molecule has 0 amide bonds. The lowest BCUT2D eigenvalue weighted by molar-refractivity contribution is 0.299. The van der Waals surface area contributed by atoms with Crippen molar-refractivity contribution >= 4 is 0 Å². The number of nitrogens with two attached hydrogens (primary N) is 1. The number of hydrogen-bond donors (Lipinski definition) is 2. The molecular weight excluding hydrogens is 240 g/mol. The number of likely N-dealkylation sites (tertiary alicyclic amines) is 1. The minimum Gasteiger partial charge on any atom is -0.504 e. The number of nitrogens with zero attached hydrogens (tertiary/aromatic N) is 1. The zero-order chi connectivity index (χ0) is 14.2. The number of phenolic OH excluding ortho intramolecular Hbond substituents is 1. The van der Waals surface area contributed by atoms with Crippen molar-refractivity contribution in [1.29, 1.82) is 0 Å². The van der Waals surface area contributed by atoms with Gasteiger partial charge >= 0.3 is 0 Å². The number of hydrogen-bond acceptors (Lipinski definition) is 4. The number of ether oxygens (including phenoxy) is 1. The van der Waals surface area contributed by atoms with Crippen LogP contribution in [0.1, 0.15) is 29.2 Å². The molecule has 3 N–H and O–H groups in total. The number of benzene rings is 1. The Morgan fingerprint density at radius 1 is 1.42 bits per heavy atom. The predicted molar refractivity (Wildman–Crippen MR) is 76.7 cm³/mol. The molecular formula is C15H24N2O2. The summed E-state index contributed by atoms with van der Waals surface area (Å²) in [6.45, 7) is 5.68. The van der Waals surface area contributed by atoms with Crippen LogP contribution in [0, 0.1) is 19.8 Å². The first kappa shape index (κ1) is 14.2. The van der Waals surface area contributed by atoms with Gasteiger partial charge in [0, 0.05) is 18.2 Å². The number of rotatable bonds is 3. The van der Waals surface area contributed by atoms with Crippen LogP contribution in [0.4, 0.5) is 0 Å². The van der Waals surface area contributed by atoms with E-state index in [9.17, 15) is 5.11 Å². The van der Waals surface area contributed by atoms with E-state index in [-0.39, 0.29) is 11.8 Å². The zero-order valence-electron chi connectivity index (χ0n) is 12.2. The summed E-state index contributed by atoms with van der Waals surface area (Å²) in [4.78, 5) is 2.27. The van der Waals surface area contributed by atoms with E-state index in [1.807, 2.05) is 13.8 Å². The van der Waals surface area contributed by atoms with Crippen LogP contribution in [0.2, 0.25) is 0 Å². The molecule has 19 heavy (non-hydrogen) atoms. The molecule has 2 atom stereocenters. The average molecular weight is 264 g/mol. The summed E-state index contributed by atoms with van der Waals surface area (Å²) in [5.41, 5.74) is 8.85. The van der Waals surface area contributed by atoms with E-state index in [2.05, 4.69) is 18.0 Å². The van der Waals surface area contributed by atoms with Crippen molar-refractivity contribution in [2.24, 2.45) is 11.7 Å². The zero-order valence-corrected chi connectivity index (χ0v) is 12.2. The summed E-state index contributed by atoms with van der Waals surface area (Å²) in [7, 11) is 3.69. The van der Waals surface area contributed by atoms with Crippen LogP contribution in [0.5, 0.6) is 11.5 Å². The van der Waals surface area contributed by atoms with Crippen molar-refractivity contribution in [3.05, 3.63) is 22.8 Å². The highest BCUT2D eigenvalue weighted by Gasteiger charge is 2.33. The van der Waals surface area contributed by atoms with Crippen molar-refractivity contribution in [3.8, 4) is 11.5 Å². The van der Waals surface area contributed by atoms with E-state index in [1.165, 1.54) is 0 Å². The van der Waals surface area contributed by atoms with Gasteiger partial charge in [-0.3, -0.25) is 4.90 Å². The molecule has 4 nitrogen and oxygen atoms in total. The van der Waals surface area contributed by atoms with Gasteiger partial charge in [-0.1, -0.05) is 6.07 Å². The topological polar surface area (TPSA) is 58.7 Å². The third kappa shape index (κ3) is 2.42. The summed E-state index contributed by atoms with van der Waals surface area (Å²) in [5, 5.41) is 10.5. The first-order valence-corrected chi connectivity index (χ1v) is 6.76. The van der Waals surface area contributed by atoms with Crippen molar-refractivity contribution in [2.75, 3.05) is 27.2 Å². The standard InChI is InChI=1S/C15H24N2O2/c1-9-5-10(2)15(19-4)14(18)13(9)12-6-11(7-16)8-17(12)3/h5,11-12,18H,6-8,16H2,1-4H3. The number of phenols is 1. The molecule has 0 bridgehead atoms. The van der Waals surface area contributed by atoms with E-state index in [0.29, 0.717) is 18.2 Å². The van der Waals surface area contributed by atoms with E-state index in [0.717, 1.165) is 29.7 Å². The first-order valence-electron chi connectivity index (χ1n) is 6.76. The van der Waals surface area contributed by atoms with Gasteiger partial charge in [0.05, 0.1) is 7.11 Å². The van der Waals surface area contributed by atoms with Crippen LogP contribution in [0.3, 0.4) is 0 Å². The molecule has 2 unspecified atom stereocenters. The Morgan fingerprint density at radius 3 is 2.63 bits per heavy atom. The average Bonchev–Trinajstić information content (AvgIpc) is 2.71. The summed E-state index contributed by atoms with van der Waals surface area (Å²) in [6.07, 6.45) is 0.994. The monoisotopic (exact) mass is 264 g/mol. The molecule has 0 aromatic heterocycles. The predicted octanol–water partition coefficient (Wildman–Crippen LogP) is 1.97. The molecule has 1 aromatic rings. The minimum atomic E-state index is 0.225. The van der Waals surface area contributed by atoms with E-state index >= 15 is 0 Å². The molecule has 1 fully saturated rings. The SMILES string of the molecule is COc1c(C)cc(C)c(C2CC(CN)CN2C)c1O. The number of aryl methyl sites for hydroxylation is 2. The van der Waals surface area contributed by atoms with Gasteiger partial charge in [-0.25, -0.2) is 0 Å². The van der Waals surface area contributed by atoms with Gasteiger partial charge in [-0.05, 0) is 50.9 Å². The normalized spacial score (nSPS) is 23.8. The fraction of sp³-hybridized carbons (Fsp3) is 0.600. The minimum absolute atomic E-state index is 0.225. The van der Waals surface area contributed by atoms with E-state index < -0.39 is 0 Å². The Morgan fingerprint density at radius 2 is 2.11 bits per heavy atom. The first-order chi connectivity index (χ1) is 8.99. The molecule has 1 saturated heterocycles. The van der Waals surface area contributed by atoms with Crippen LogP contribution >= 0.6 is 0 Å². The van der Waals surface area contributed by atoms with Crippen LogP contribution in [0.25, 0.3) is 0 Å². The van der Waals surface area contributed by atoms with Gasteiger partial charge in [0.25, 0.3) is 0 Å². The lowest BCUT2D eigenvalue weighted by Gasteiger charge is -2.24. The molecule has 0 saturated carbocycles. The van der Waals surface area contributed by atoms with Crippen molar-refractivity contribution < 1.29 is 9.84 Å². The molecule has 0 aliphatic carbocycles. The maximum atomic E-state index is 10.5. The van der Waals surface area contributed by atoms with Gasteiger partial charge in [0.15, 0.2) is 11.5 Å².